The first kappa shape index (κ1) is 18.8. The summed E-state index contributed by atoms with van der Waals surface area (Å²) in [6.07, 6.45) is 0. The van der Waals surface area contributed by atoms with Crippen molar-refractivity contribution in [3.8, 4) is 11.5 Å². The summed E-state index contributed by atoms with van der Waals surface area (Å²) in [6.45, 7) is 0.607. The van der Waals surface area contributed by atoms with Crippen LogP contribution >= 0.6 is 11.8 Å². The average Bonchev–Trinajstić information content (AvgIpc) is 3.18. The topological polar surface area (TPSA) is 86.5 Å². The molecule has 0 unspecified atom stereocenters. The summed E-state index contributed by atoms with van der Waals surface area (Å²) in [5.74, 6) is 1.64. The molecule has 0 radical (unpaired) electrons. The largest absolute Gasteiger partial charge is 0.493 e. The highest BCUT2D eigenvalue weighted by Gasteiger charge is 2.11. The van der Waals surface area contributed by atoms with Gasteiger partial charge in [-0.15, -0.1) is 10.2 Å². The fourth-order valence-corrected chi connectivity index (χ4v) is 2.82. The Morgan fingerprint density at radius 2 is 1.81 bits per heavy atom. The number of nitrogens with one attached hydrogen (secondary N) is 1. The molecule has 0 saturated carbocycles. The quantitative estimate of drug-likeness (QED) is 0.567. The van der Waals surface area contributed by atoms with Gasteiger partial charge in [0.2, 0.25) is 5.91 Å². The molecule has 140 valence electrons. The van der Waals surface area contributed by atoms with E-state index in [0.29, 0.717) is 29.2 Å². The molecule has 1 aromatic heterocycles. The van der Waals surface area contributed by atoms with Crippen LogP contribution in [0.2, 0.25) is 0 Å². The molecule has 27 heavy (non-hydrogen) atoms. The third kappa shape index (κ3) is 5.75. The van der Waals surface area contributed by atoms with Gasteiger partial charge in [-0.05, 0) is 17.7 Å². The number of carbonyl (C=O) groups is 1. The van der Waals surface area contributed by atoms with Gasteiger partial charge < -0.3 is 19.2 Å². The van der Waals surface area contributed by atoms with Gasteiger partial charge in [-0.3, -0.25) is 4.79 Å². The molecule has 1 N–H and O–H groups in total. The highest BCUT2D eigenvalue weighted by Crippen LogP contribution is 2.26. The predicted octanol–water partition coefficient (Wildman–Crippen LogP) is 3.07. The van der Waals surface area contributed by atoms with Gasteiger partial charge in [0.1, 0.15) is 0 Å². The zero-order valence-corrected chi connectivity index (χ0v) is 15.6. The van der Waals surface area contributed by atoms with Crippen LogP contribution in [0.25, 0.3) is 0 Å². The number of nitrogens with zero attached hydrogens (tertiary/aromatic N) is 2. The summed E-state index contributed by atoms with van der Waals surface area (Å²) < 4.78 is 16.3. The molecular weight excluding hydrogens is 366 g/mol. The van der Waals surface area contributed by atoms with Crippen LogP contribution in [0.4, 0.5) is 0 Å². The number of methoxy groups -OCH3 is 1. The fourth-order valence-electron chi connectivity index (χ4n) is 2.21. The first-order chi connectivity index (χ1) is 13.2. The molecule has 1 heterocycles. The van der Waals surface area contributed by atoms with Gasteiger partial charge in [0.25, 0.3) is 11.1 Å². The second-order valence-corrected chi connectivity index (χ2v) is 6.38. The monoisotopic (exact) mass is 385 g/mol. The molecule has 0 spiro atoms. The summed E-state index contributed by atoms with van der Waals surface area (Å²) in [7, 11) is 1.58. The number of aromatic nitrogens is 2. The number of para-hydroxylation sites is 2. The van der Waals surface area contributed by atoms with Crippen LogP contribution in [-0.4, -0.2) is 29.0 Å². The molecule has 0 saturated heterocycles. The van der Waals surface area contributed by atoms with Crippen molar-refractivity contribution in [3.63, 3.8) is 0 Å². The van der Waals surface area contributed by atoms with E-state index in [1.807, 2.05) is 42.5 Å². The molecule has 0 aliphatic heterocycles. The third-order valence-electron chi connectivity index (χ3n) is 3.53. The minimum atomic E-state index is -0.103. The first-order valence-corrected chi connectivity index (χ1v) is 9.25. The van der Waals surface area contributed by atoms with Gasteiger partial charge in [-0.2, -0.15) is 0 Å². The SMILES string of the molecule is COc1ccccc1OCc1nnc(SCC(=O)NCc2ccccc2)o1. The van der Waals surface area contributed by atoms with Crippen molar-refractivity contribution in [3.05, 3.63) is 66.1 Å². The Balaban J connectivity index is 1.43. The minimum Gasteiger partial charge on any atom is -0.493 e. The lowest BCUT2D eigenvalue weighted by atomic mass is 10.2. The molecule has 0 fully saturated rings. The molecule has 3 rings (SSSR count). The predicted molar refractivity (Wildman–Crippen MR) is 101 cm³/mol. The molecule has 2 aromatic carbocycles. The maximum atomic E-state index is 11.9. The molecule has 0 atom stereocenters. The van der Waals surface area contributed by atoms with Crippen LogP contribution in [0.15, 0.2) is 64.2 Å². The van der Waals surface area contributed by atoms with Crippen molar-refractivity contribution in [1.82, 2.24) is 15.5 Å². The van der Waals surface area contributed by atoms with E-state index in [1.54, 1.807) is 19.2 Å². The smallest absolute Gasteiger partial charge is 0.277 e. The van der Waals surface area contributed by atoms with Crippen LogP contribution in [0.1, 0.15) is 11.5 Å². The molecule has 1 amide bonds. The second kappa shape index (κ2) is 9.63. The van der Waals surface area contributed by atoms with Crippen LogP contribution in [0.3, 0.4) is 0 Å². The molecule has 3 aromatic rings. The average molecular weight is 385 g/mol. The summed E-state index contributed by atoms with van der Waals surface area (Å²) in [5, 5.41) is 11.0. The van der Waals surface area contributed by atoms with Crippen molar-refractivity contribution < 1.29 is 18.7 Å². The van der Waals surface area contributed by atoms with E-state index in [9.17, 15) is 4.79 Å². The highest BCUT2D eigenvalue weighted by atomic mass is 32.2. The second-order valence-electron chi connectivity index (χ2n) is 5.45. The zero-order chi connectivity index (χ0) is 18.9. The Labute approximate surface area is 161 Å². The summed E-state index contributed by atoms with van der Waals surface area (Å²) in [6, 6.07) is 17.0. The van der Waals surface area contributed by atoms with Crippen LogP contribution in [-0.2, 0) is 17.9 Å². The lowest BCUT2D eigenvalue weighted by molar-refractivity contribution is -0.118. The first-order valence-electron chi connectivity index (χ1n) is 8.26. The van der Waals surface area contributed by atoms with E-state index in [4.69, 9.17) is 13.9 Å². The van der Waals surface area contributed by atoms with Gasteiger partial charge in [0.15, 0.2) is 18.1 Å². The number of ether oxygens (including phenoxy) is 2. The van der Waals surface area contributed by atoms with Gasteiger partial charge in [0.05, 0.1) is 12.9 Å². The van der Waals surface area contributed by atoms with Crippen molar-refractivity contribution in [1.29, 1.82) is 0 Å². The van der Waals surface area contributed by atoms with E-state index in [2.05, 4.69) is 15.5 Å². The van der Waals surface area contributed by atoms with E-state index in [-0.39, 0.29) is 18.3 Å². The Kier molecular flexibility index (Phi) is 6.70. The van der Waals surface area contributed by atoms with Gasteiger partial charge >= 0.3 is 0 Å². The molecular formula is C19H19N3O4S. The summed E-state index contributed by atoms with van der Waals surface area (Å²) >= 11 is 1.18. The number of carbonyl (C=O) groups excluding carboxylic acids is 1. The summed E-state index contributed by atoms with van der Waals surface area (Å²) in [5.41, 5.74) is 1.05. The van der Waals surface area contributed by atoms with Gasteiger partial charge in [-0.1, -0.05) is 54.2 Å². The number of thioether (sulfide) groups is 1. The standard InChI is InChI=1S/C19H19N3O4S/c1-24-15-9-5-6-10-16(15)25-12-18-21-22-19(26-18)27-13-17(23)20-11-14-7-3-2-4-8-14/h2-10H,11-13H2,1H3,(H,20,23). The summed E-state index contributed by atoms with van der Waals surface area (Å²) in [4.78, 5) is 11.9. The number of amides is 1. The molecule has 7 nitrogen and oxygen atoms in total. The van der Waals surface area contributed by atoms with E-state index >= 15 is 0 Å². The van der Waals surface area contributed by atoms with Crippen molar-refractivity contribution in [2.24, 2.45) is 0 Å². The number of rotatable bonds is 9. The number of hydrogen-bond donors (Lipinski definition) is 1. The molecule has 0 aliphatic rings. The Morgan fingerprint density at radius 1 is 1.07 bits per heavy atom. The molecule has 8 heteroatoms. The van der Waals surface area contributed by atoms with Crippen LogP contribution < -0.4 is 14.8 Å². The zero-order valence-electron chi connectivity index (χ0n) is 14.8. The Morgan fingerprint density at radius 3 is 2.59 bits per heavy atom. The van der Waals surface area contributed by atoms with Crippen LogP contribution in [0, 0.1) is 0 Å². The van der Waals surface area contributed by atoms with E-state index in [1.165, 1.54) is 11.8 Å². The van der Waals surface area contributed by atoms with Gasteiger partial charge in [0, 0.05) is 6.54 Å². The lowest BCUT2D eigenvalue weighted by Gasteiger charge is -2.07. The van der Waals surface area contributed by atoms with E-state index in [0.717, 1.165) is 5.56 Å². The van der Waals surface area contributed by atoms with Gasteiger partial charge in [-0.25, -0.2) is 0 Å². The molecule has 0 bridgehead atoms. The number of hydrogen-bond acceptors (Lipinski definition) is 7. The third-order valence-corrected chi connectivity index (χ3v) is 4.35. The van der Waals surface area contributed by atoms with E-state index < -0.39 is 0 Å². The maximum Gasteiger partial charge on any atom is 0.277 e. The van der Waals surface area contributed by atoms with Crippen LogP contribution in [0.5, 0.6) is 11.5 Å². The fraction of sp³-hybridized carbons (Fsp3) is 0.211. The van der Waals surface area contributed by atoms with Crippen molar-refractivity contribution >= 4 is 17.7 Å². The normalized spacial score (nSPS) is 10.4. The highest BCUT2D eigenvalue weighted by molar-refractivity contribution is 7.99. The molecule has 0 aliphatic carbocycles. The van der Waals surface area contributed by atoms with Crippen molar-refractivity contribution in [2.75, 3.05) is 12.9 Å². The Bertz CT molecular complexity index is 870. The van der Waals surface area contributed by atoms with Crippen molar-refractivity contribution in [2.45, 2.75) is 18.4 Å². The lowest BCUT2D eigenvalue weighted by Crippen LogP contribution is -2.24. The Hall–Kier alpha value is -3.00. The number of benzene rings is 2. The minimum absolute atomic E-state index is 0.103. The maximum absolute atomic E-state index is 11.9.